The number of carbonyl (C=O) groups excluding carboxylic acids is 2. The Morgan fingerprint density at radius 2 is 2.00 bits per heavy atom. The summed E-state index contributed by atoms with van der Waals surface area (Å²) < 4.78 is 0. The zero-order chi connectivity index (χ0) is 15.8. The van der Waals surface area contributed by atoms with Gasteiger partial charge in [-0.15, -0.1) is 0 Å². The Morgan fingerprint density at radius 3 is 2.62 bits per heavy atom. The number of aryl methyl sites for hydroxylation is 1. The van der Waals surface area contributed by atoms with Crippen molar-refractivity contribution in [3.8, 4) is 0 Å². The van der Waals surface area contributed by atoms with Gasteiger partial charge < -0.3 is 10.2 Å². The molecule has 116 valence electrons. The van der Waals surface area contributed by atoms with Crippen LogP contribution in [0.25, 0.3) is 0 Å². The molecule has 1 N–H and O–H groups in total. The van der Waals surface area contributed by atoms with Crippen LogP contribution in [0.2, 0.25) is 5.15 Å². The Kier molecular flexibility index (Phi) is 7.15. The fourth-order valence-electron chi connectivity index (χ4n) is 1.89. The zero-order valence-corrected chi connectivity index (χ0v) is 13.5. The molecule has 6 heteroatoms. The topological polar surface area (TPSA) is 62.3 Å². The molecule has 0 unspecified atom stereocenters. The van der Waals surface area contributed by atoms with E-state index in [0.717, 1.165) is 25.0 Å². The van der Waals surface area contributed by atoms with E-state index < -0.39 is 0 Å². The van der Waals surface area contributed by atoms with Crippen LogP contribution in [0.15, 0.2) is 12.1 Å². The summed E-state index contributed by atoms with van der Waals surface area (Å²) in [6.45, 7) is 4.65. The second-order valence-corrected chi connectivity index (χ2v) is 5.32. The van der Waals surface area contributed by atoms with Crippen LogP contribution in [0, 0.1) is 0 Å². The molecule has 1 rings (SSSR count). The van der Waals surface area contributed by atoms with E-state index in [0.29, 0.717) is 17.3 Å². The number of hydrogen-bond acceptors (Lipinski definition) is 3. The summed E-state index contributed by atoms with van der Waals surface area (Å²) in [6, 6.07) is 3.27. The van der Waals surface area contributed by atoms with E-state index >= 15 is 0 Å². The van der Waals surface area contributed by atoms with Crippen LogP contribution >= 0.6 is 11.6 Å². The molecule has 0 saturated heterocycles. The lowest BCUT2D eigenvalue weighted by molar-refractivity contribution is -0.121. The summed E-state index contributed by atoms with van der Waals surface area (Å²) in [5.41, 5.74) is 1.25. The van der Waals surface area contributed by atoms with Gasteiger partial charge in [0.25, 0.3) is 5.91 Å². The highest BCUT2D eigenvalue weighted by molar-refractivity contribution is 6.29. The minimum Gasteiger partial charge on any atom is -0.355 e. The van der Waals surface area contributed by atoms with Gasteiger partial charge in [0.1, 0.15) is 5.15 Å². The molecule has 0 aromatic carbocycles. The third-order valence-electron chi connectivity index (χ3n) is 2.90. The van der Waals surface area contributed by atoms with Crippen LogP contribution in [0.1, 0.15) is 42.7 Å². The third kappa shape index (κ3) is 5.71. The maximum absolute atomic E-state index is 12.3. The third-order valence-corrected chi connectivity index (χ3v) is 3.09. The van der Waals surface area contributed by atoms with Crippen molar-refractivity contribution in [1.82, 2.24) is 15.2 Å². The highest BCUT2D eigenvalue weighted by atomic mass is 35.5. The number of nitrogens with one attached hydrogen (secondary N) is 1. The Labute approximate surface area is 130 Å². The Morgan fingerprint density at radius 1 is 1.29 bits per heavy atom. The maximum atomic E-state index is 12.3. The van der Waals surface area contributed by atoms with Crippen molar-refractivity contribution in [2.45, 2.75) is 33.1 Å². The standard InChI is InChI=1S/C15H22ClN3O2/c1-4-6-12-8-11(9-13(16)18-12)15(21)19(3)10-14(20)17-7-5-2/h8-9H,4-7,10H2,1-3H3,(H,17,20). The van der Waals surface area contributed by atoms with Crippen LogP contribution in [0.4, 0.5) is 0 Å². The molecule has 1 aromatic rings. The van der Waals surface area contributed by atoms with Gasteiger partial charge >= 0.3 is 0 Å². The molecule has 0 aliphatic rings. The monoisotopic (exact) mass is 311 g/mol. The predicted molar refractivity (Wildman–Crippen MR) is 83.5 cm³/mol. The molecule has 0 radical (unpaired) electrons. The summed E-state index contributed by atoms with van der Waals surface area (Å²) in [6.07, 6.45) is 2.56. The highest BCUT2D eigenvalue weighted by Gasteiger charge is 2.16. The number of aromatic nitrogens is 1. The number of pyridine rings is 1. The molecule has 0 atom stereocenters. The molecule has 5 nitrogen and oxygen atoms in total. The van der Waals surface area contributed by atoms with Crippen LogP contribution < -0.4 is 5.32 Å². The van der Waals surface area contributed by atoms with Crippen LogP contribution in [-0.2, 0) is 11.2 Å². The molecule has 0 aliphatic heterocycles. The van der Waals surface area contributed by atoms with Gasteiger partial charge in [-0.3, -0.25) is 9.59 Å². The maximum Gasteiger partial charge on any atom is 0.254 e. The second kappa shape index (κ2) is 8.62. The average molecular weight is 312 g/mol. The SMILES string of the molecule is CCCNC(=O)CN(C)C(=O)c1cc(Cl)nc(CCC)c1. The molecule has 1 aromatic heterocycles. The van der Waals surface area contributed by atoms with Gasteiger partial charge in [0.15, 0.2) is 0 Å². The van der Waals surface area contributed by atoms with Gasteiger partial charge in [-0.2, -0.15) is 0 Å². The van der Waals surface area contributed by atoms with Crippen LogP contribution in [-0.4, -0.2) is 41.8 Å². The molecule has 0 fully saturated rings. The molecular weight excluding hydrogens is 290 g/mol. The number of rotatable bonds is 7. The Balaban J connectivity index is 2.75. The van der Waals surface area contributed by atoms with Crippen molar-refractivity contribution < 1.29 is 9.59 Å². The molecule has 21 heavy (non-hydrogen) atoms. The summed E-state index contributed by atoms with van der Waals surface area (Å²) in [5.74, 6) is -0.398. The van der Waals surface area contributed by atoms with Crippen molar-refractivity contribution in [2.24, 2.45) is 0 Å². The van der Waals surface area contributed by atoms with Gasteiger partial charge in [-0.1, -0.05) is 31.9 Å². The first-order valence-corrected chi connectivity index (χ1v) is 7.54. The van der Waals surface area contributed by atoms with E-state index in [1.807, 2.05) is 13.8 Å². The summed E-state index contributed by atoms with van der Waals surface area (Å²) >= 11 is 5.95. The summed E-state index contributed by atoms with van der Waals surface area (Å²) in [7, 11) is 1.60. The first-order valence-electron chi connectivity index (χ1n) is 7.16. The molecule has 0 bridgehead atoms. The Bertz CT molecular complexity index is 506. The number of likely N-dealkylation sites (N-methyl/N-ethyl adjacent to an activating group) is 1. The molecular formula is C15H22ClN3O2. The lowest BCUT2D eigenvalue weighted by Gasteiger charge is -2.17. The second-order valence-electron chi connectivity index (χ2n) is 4.93. The number of nitrogens with zero attached hydrogens (tertiary/aromatic N) is 2. The zero-order valence-electron chi connectivity index (χ0n) is 12.8. The van der Waals surface area contributed by atoms with E-state index in [1.165, 1.54) is 11.0 Å². The fourth-order valence-corrected chi connectivity index (χ4v) is 2.11. The molecule has 2 amide bonds. The number of carbonyl (C=O) groups is 2. The largest absolute Gasteiger partial charge is 0.355 e. The average Bonchev–Trinajstić information content (AvgIpc) is 2.44. The fraction of sp³-hybridized carbons (Fsp3) is 0.533. The summed E-state index contributed by atoms with van der Waals surface area (Å²) in [4.78, 5) is 29.5. The lowest BCUT2D eigenvalue weighted by Crippen LogP contribution is -2.38. The van der Waals surface area contributed by atoms with Gasteiger partial charge in [-0.05, 0) is 25.0 Å². The van der Waals surface area contributed by atoms with Gasteiger partial charge in [0, 0.05) is 24.8 Å². The normalized spacial score (nSPS) is 10.3. The summed E-state index contributed by atoms with van der Waals surface area (Å²) in [5, 5.41) is 3.04. The molecule has 1 heterocycles. The molecule has 0 aliphatic carbocycles. The highest BCUT2D eigenvalue weighted by Crippen LogP contribution is 2.14. The van der Waals surface area contributed by atoms with E-state index in [9.17, 15) is 9.59 Å². The van der Waals surface area contributed by atoms with Crippen molar-refractivity contribution in [3.05, 3.63) is 28.5 Å². The Hall–Kier alpha value is -1.62. The van der Waals surface area contributed by atoms with Gasteiger partial charge in [-0.25, -0.2) is 4.98 Å². The van der Waals surface area contributed by atoms with Crippen LogP contribution in [0.5, 0.6) is 0 Å². The van der Waals surface area contributed by atoms with E-state index in [1.54, 1.807) is 13.1 Å². The molecule has 0 spiro atoms. The number of amides is 2. The van der Waals surface area contributed by atoms with Gasteiger partial charge in [0.05, 0.1) is 6.54 Å². The molecule has 0 saturated carbocycles. The van der Waals surface area contributed by atoms with Gasteiger partial charge in [0.2, 0.25) is 5.91 Å². The first kappa shape index (κ1) is 17.4. The number of hydrogen-bond donors (Lipinski definition) is 1. The van der Waals surface area contributed by atoms with Crippen molar-refractivity contribution >= 4 is 23.4 Å². The number of halogens is 1. The van der Waals surface area contributed by atoms with E-state index in [2.05, 4.69) is 10.3 Å². The van der Waals surface area contributed by atoms with E-state index in [4.69, 9.17) is 11.6 Å². The van der Waals surface area contributed by atoms with E-state index in [-0.39, 0.29) is 18.4 Å². The smallest absolute Gasteiger partial charge is 0.254 e. The first-order chi connectivity index (χ1) is 9.97. The minimum absolute atomic E-state index is 0.0296. The predicted octanol–water partition coefficient (Wildman–Crippen LogP) is 2.29. The van der Waals surface area contributed by atoms with Crippen molar-refractivity contribution in [2.75, 3.05) is 20.1 Å². The van der Waals surface area contributed by atoms with Crippen molar-refractivity contribution in [3.63, 3.8) is 0 Å². The lowest BCUT2D eigenvalue weighted by atomic mass is 10.1. The quantitative estimate of drug-likeness (QED) is 0.786. The van der Waals surface area contributed by atoms with Crippen LogP contribution in [0.3, 0.4) is 0 Å². The minimum atomic E-state index is -0.233. The van der Waals surface area contributed by atoms with Crippen molar-refractivity contribution in [1.29, 1.82) is 0 Å².